The molecule has 2 aromatic rings. The van der Waals surface area contributed by atoms with E-state index in [0.29, 0.717) is 6.54 Å². The second-order valence-electron chi connectivity index (χ2n) is 5.43. The number of pyridine rings is 1. The molecule has 0 radical (unpaired) electrons. The number of fused-ring (bicyclic) bond motifs is 1. The van der Waals surface area contributed by atoms with Gasteiger partial charge < -0.3 is 10.4 Å². The van der Waals surface area contributed by atoms with Crippen molar-refractivity contribution in [2.24, 2.45) is 0 Å². The van der Waals surface area contributed by atoms with E-state index in [1.54, 1.807) is 0 Å². The summed E-state index contributed by atoms with van der Waals surface area (Å²) in [5.41, 5.74) is 1.92. The van der Waals surface area contributed by atoms with Crippen LogP contribution in [0.3, 0.4) is 0 Å². The highest BCUT2D eigenvalue weighted by molar-refractivity contribution is 9.10. The molecule has 0 aliphatic rings. The molecule has 1 heterocycles. The minimum absolute atomic E-state index is 0.142. The first-order chi connectivity index (χ1) is 9.59. The summed E-state index contributed by atoms with van der Waals surface area (Å²) in [6.07, 6.45) is 3.81. The molecule has 1 aromatic heterocycles. The zero-order chi connectivity index (χ0) is 14.6. The molecule has 3 nitrogen and oxygen atoms in total. The quantitative estimate of drug-likeness (QED) is 0.846. The number of aliphatic hydroxyl groups excluding tert-OH is 1. The fraction of sp³-hybridized carbons (Fsp3) is 0.438. The minimum atomic E-state index is -0.233. The normalized spacial score (nSPS) is 14.4. The third-order valence-electron chi connectivity index (χ3n) is 3.66. The number of nitrogens with one attached hydrogen (secondary N) is 1. The molecule has 0 fully saturated rings. The van der Waals surface area contributed by atoms with Crippen LogP contribution in [-0.4, -0.2) is 22.2 Å². The van der Waals surface area contributed by atoms with Gasteiger partial charge in [0.2, 0.25) is 0 Å². The van der Waals surface area contributed by atoms with Crippen LogP contribution < -0.4 is 5.32 Å². The van der Waals surface area contributed by atoms with Crippen molar-refractivity contribution in [3.05, 3.63) is 40.5 Å². The molecule has 0 aliphatic carbocycles. The molecule has 108 valence electrons. The smallest absolute Gasteiger partial charge is 0.0758 e. The second-order valence-corrected chi connectivity index (χ2v) is 6.28. The summed E-state index contributed by atoms with van der Waals surface area (Å²) in [6.45, 7) is 5.04. The van der Waals surface area contributed by atoms with E-state index < -0.39 is 0 Å². The molecule has 0 amide bonds. The van der Waals surface area contributed by atoms with E-state index in [1.807, 2.05) is 12.3 Å². The number of aromatic nitrogens is 1. The van der Waals surface area contributed by atoms with Crippen LogP contribution in [0.1, 0.15) is 32.3 Å². The molecule has 0 bridgehead atoms. The average molecular weight is 337 g/mol. The fourth-order valence-corrected chi connectivity index (χ4v) is 2.87. The van der Waals surface area contributed by atoms with E-state index >= 15 is 0 Å². The summed E-state index contributed by atoms with van der Waals surface area (Å²) >= 11 is 3.56. The summed E-state index contributed by atoms with van der Waals surface area (Å²) in [5, 5.41) is 14.2. The molecular weight excluding hydrogens is 316 g/mol. The molecule has 0 aliphatic heterocycles. The third-order valence-corrected chi connectivity index (χ3v) is 4.35. The maximum absolute atomic E-state index is 9.57. The number of hydrogen-bond acceptors (Lipinski definition) is 3. The zero-order valence-electron chi connectivity index (χ0n) is 12.0. The van der Waals surface area contributed by atoms with E-state index in [0.717, 1.165) is 33.8 Å². The highest BCUT2D eigenvalue weighted by Crippen LogP contribution is 2.25. The number of rotatable bonds is 6. The van der Waals surface area contributed by atoms with Gasteiger partial charge in [0, 0.05) is 28.1 Å². The Bertz CT molecular complexity index is 588. The van der Waals surface area contributed by atoms with E-state index in [1.165, 1.54) is 0 Å². The van der Waals surface area contributed by atoms with Crippen molar-refractivity contribution in [3.63, 3.8) is 0 Å². The van der Waals surface area contributed by atoms with Crippen molar-refractivity contribution >= 4 is 26.8 Å². The summed E-state index contributed by atoms with van der Waals surface area (Å²) in [6, 6.07) is 8.14. The van der Waals surface area contributed by atoms with Gasteiger partial charge >= 0.3 is 0 Å². The standard InChI is InChI=1S/C16H21BrN2O/c1-3-8-16(2,11-20)19-10-12-6-7-14(17)13-5-4-9-18-15(12)13/h4-7,9,19-20H,3,8,10-11H2,1-2H3. The lowest BCUT2D eigenvalue weighted by Crippen LogP contribution is -2.45. The summed E-state index contributed by atoms with van der Waals surface area (Å²) < 4.78 is 1.06. The first-order valence-corrected chi connectivity index (χ1v) is 7.77. The van der Waals surface area contributed by atoms with Crippen molar-refractivity contribution in [1.29, 1.82) is 0 Å². The van der Waals surface area contributed by atoms with E-state index in [2.05, 4.69) is 58.3 Å². The molecule has 20 heavy (non-hydrogen) atoms. The van der Waals surface area contributed by atoms with Crippen LogP contribution in [-0.2, 0) is 6.54 Å². The predicted molar refractivity (Wildman–Crippen MR) is 86.7 cm³/mol. The van der Waals surface area contributed by atoms with Gasteiger partial charge in [0.05, 0.1) is 12.1 Å². The van der Waals surface area contributed by atoms with Gasteiger partial charge in [-0.3, -0.25) is 4.98 Å². The first-order valence-electron chi connectivity index (χ1n) is 6.97. The van der Waals surface area contributed by atoms with Crippen LogP contribution >= 0.6 is 15.9 Å². The fourth-order valence-electron chi connectivity index (χ4n) is 2.42. The Kier molecular flexibility index (Phi) is 5.13. The van der Waals surface area contributed by atoms with Crippen molar-refractivity contribution in [2.45, 2.75) is 38.8 Å². The average Bonchev–Trinajstić information content (AvgIpc) is 2.47. The van der Waals surface area contributed by atoms with Gasteiger partial charge in [-0.2, -0.15) is 0 Å². The van der Waals surface area contributed by atoms with Crippen molar-refractivity contribution < 1.29 is 5.11 Å². The lowest BCUT2D eigenvalue weighted by Gasteiger charge is -2.28. The Morgan fingerprint density at radius 1 is 1.35 bits per heavy atom. The Morgan fingerprint density at radius 2 is 2.15 bits per heavy atom. The predicted octanol–water partition coefficient (Wildman–Crippen LogP) is 3.64. The summed E-state index contributed by atoms with van der Waals surface area (Å²) in [5.74, 6) is 0. The lowest BCUT2D eigenvalue weighted by molar-refractivity contribution is 0.163. The first kappa shape index (κ1) is 15.4. The van der Waals surface area contributed by atoms with Crippen LogP contribution in [0, 0.1) is 0 Å². The van der Waals surface area contributed by atoms with E-state index in [-0.39, 0.29) is 12.1 Å². The zero-order valence-corrected chi connectivity index (χ0v) is 13.6. The van der Waals surface area contributed by atoms with Crippen LogP contribution in [0.25, 0.3) is 10.9 Å². The molecule has 1 unspecified atom stereocenters. The molecule has 4 heteroatoms. The Balaban J connectivity index is 2.24. The largest absolute Gasteiger partial charge is 0.394 e. The van der Waals surface area contributed by atoms with Gasteiger partial charge in [-0.25, -0.2) is 0 Å². The monoisotopic (exact) mass is 336 g/mol. The minimum Gasteiger partial charge on any atom is -0.394 e. The van der Waals surface area contributed by atoms with Crippen LogP contribution in [0.4, 0.5) is 0 Å². The molecule has 1 aromatic carbocycles. The topological polar surface area (TPSA) is 45.1 Å². The van der Waals surface area contributed by atoms with Crippen molar-refractivity contribution in [3.8, 4) is 0 Å². The second kappa shape index (κ2) is 6.66. The number of aliphatic hydroxyl groups is 1. The Hall–Kier alpha value is -0.970. The molecule has 2 N–H and O–H groups in total. The Labute approximate surface area is 128 Å². The highest BCUT2D eigenvalue weighted by Gasteiger charge is 2.21. The lowest BCUT2D eigenvalue weighted by atomic mass is 9.96. The molecule has 2 rings (SSSR count). The van der Waals surface area contributed by atoms with Crippen molar-refractivity contribution in [2.75, 3.05) is 6.61 Å². The van der Waals surface area contributed by atoms with Gasteiger partial charge in [0.15, 0.2) is 0 Å². The maximum Gasteiger partial charge on any atom is 0.0758 e. The number of nitrogens with zero attached hydrogens (tertiary/aromatic N) is 1. The third kappa shape index (κ3) is 3.37. The van der Waals surface area contributed by atoms with Gasteiger partial charge in [-0.1, -0.05) is 41.4 Å². The van der Waals surface area contributed by atoms with Gasteiger partial charge in [0.25, 0.3) is 0 Å². The summed E-state index contributed by atoms with van der Waals surface area (Å²) in [4.78, 5) is 4.48. The van der Waals surface area contributed by atoms with Crippen molar-refractivity contribution in [1.82, 2.24) is 10.3 Å². The SMILES string of the molecule is CCCC(C)(CO)NCc1ccc(Br)c2cccnc12. The van der Waals surface area contributed by atoms with Gasteiger partial charge in [0.1, 0.15) is 0 Å². The van der Waals surface area contributed by atoms with Gasteiger partial charge in [-0.15, -0.1) is 0 Å². The van der Waals surface area contributed by atoms with E-state index in [4.69, 9.17) is 0 Å². The number of hydrogen-bond donors (Lipinski definition) is 2. The van der Waals surface area contributed by atoms with Crippen LogP contribution in [0.15, 0.2) is 34.9 Å². The van der Waals surface area contributed by atoms with Gasteiger partial charge in [-0.05, 0) is 31.0 Å². The van der Waals surface area contributed by atoms with Crippen LogP contribution in [0.2, 0.25) is 0 Å². The highest BCUT2D eigenvalue weighted by atomic mass is 79.9. The maximum atomic E-state index is 9.57. The number of benzene rings is 1. The molecular formula is C16H21BrN2O. The van der Waals surface area contributed by atoms with E-state index in [9.17, 15) is 5.11 Å². The molecule has 1 atom stereocenters. The number of halogens is 1. The van der Waals surface area contributed by atoms with Crippen LogP contribution in [0.5, 0.6) is 0 Å². The Morgan fingerprint density at radius 3 is 2.85 bits per heavy atom. The molecule has 0 saturated carbocycles. The molecule has 0 saturated heterocycles. The molecule has 0 spiro atoms. The summed E-state index contributed by atoms with van der Waals surface area (Å²) in [7, 11) is 0.